The quantitative estimate of drug-likeness (QED) is 0.471. The average molecular weight is 399 g/mol. The number of anilines is 1. The van der Waals surface area contributed by atoms with E-state index >= 15 is 0 Å². The highest BCUT2D eigenvalue weighted by atomic mass is 16.2. The van der Waals surface area contributed by atoms with Gasteiger partial charge in [-0.1, -0.05) is 18.2 Å². The van der Waals surface area contributed by atoms with Crippen LogP contribution in [-0.2, 0) is 12.8 Å². The summed E-state index contributed by atoms with van der Waals surface area (Å²) in [5.74, 6) is 0.743. The third-order valence-corrected chi connectivity index (χ3v) is 5.22. The number of carbonyl (C=O) groups is 1. The number of hydrogen-bond donors (Lipinski definition) is 2. The van der Waals surface area contributed by atoms with Gasteiger partial charge in [-0.15, -0.1) is 0 Å². The minimum Gasteiger partial charge on any atom is -0.370 e. The number of para-hydroxylation sites is 1. The van der Waals surface area contributed by atoms with Gasteiger partial charge >= 0.3 is 0 Å². The molecule has 1 aromatic carbocycles. The van der Waals surface area contributed by atoms with E-state index in [-0.39, 0.29) is 5.91 Å². The van der Waals surface area contributed by atoms with Crippen molar-refractivity contribution in [1.29, 1.82) is 0 Å². The van der Waals surface area contributed by atoms with Gasteiger partial charge in [0.05, 0.1) is 5.56 Å². The van der Waals surface area contributed by atoms with Crippen LogP contribution in [0, 0.1) is 0 Å². The van der Waals surface area contributed by atoms with Crippen molar-refractivity contribution in [2.75, 3.05) is 25.5 Å². The third-order valence-electron chi connectivity index (χ3n) is 5.22. The molecule has 0 bridgehead atoms. The number of benzene rings is 1. The van der Waals surface area contributed by atoms with Crippen molar-refractivity contribution >= 4 is 22.6 Å². The number of pyridine rings is 2. The van der Waals surface area contributed by atoms with Crippen LogP contribution in [0.1, 0.15) is 21.5 Å². The minimum atomic E-state index is -0.0260. The molecule has 1 amide bonds. The van der Waals surface area contributed by atoms with E-state index in [4.69, 9.17) is 0 Å². The van der Waals surface area contributed by atoms with Gasteiger partial charge in [0.1, 0.15) is 5.82 Å². The Kier molecular flexibility index (Phi) is 6.03. The summed E-state index contributed by atoms with van der Waals surface area (Å²) < 4.78 is 0. The highest BCUT2D eigenvalue weighted by molar-refractivity contribution is 5.93. The van der Waals surface area contributed by atoms with Gasteiger partial charge in [-0.05, 0) is 54.3 Å². The van der Waals surface area contributed by atoms with Crippen LogP contribution in [0.3, 0.4) is 0 Å². The largest absolute Gasteiger partial charge is 0.370 e. The van der Waals surface area contributed by atoms with Crippen molar-refractivity contribution < 1.29 is 4.79 Å². The lowest BCUT2D eigenvalue weighted by molar-refractivity contribution is 0.0796. The van der Waals surface area contributed by atoms with Crippen molar-refractivity contribution in [3.63, 3.8) is 0 Å². The van der Waals surface area contributed by atoms with E-state index in [1.54, 1.807) is 23.5 Å². The topological polar surface area (TPSA) is 73.9 Å². The first-order chi connectivity index (χ1) is 14.7. The van der Waals surface area contributed by atoms with E-state index in [0.717, 1.165) is 36.3 Å². The van der Waals surface area contributed by atoms with Gasteiger partial charge in [-0.3, -0.25) is 9.78 Å². The molecule has 0 atom stereocenters. The van der Waals surface area contributed by atoms with Crippen molar-refractivity contribution in [3.05, 3.63) is 90.0 Å². The molecule has 6 heteroatoms. The predicted molar refractivity (Wildman–Crippen MR) is 120 cm³/mol. The maximum Gasteiger partial charge on any atom is 0.255 e. The molecule has 0 saturated heterocycles. The van der Waals surface area contributed by atoms with Gasteiger partial charge in [0.2, 0.25) is 0 Å². The standard InChI is InChI=1S/C24H25N5O/c1-29(15-11-18-8-12-25-13-9-18)24(30)20-6-7-23(28-17-20)26-14-10-19-16-27-22-5-3-2-4-21(19)22/h2-9,12-13,16-17,27H,10-11,14-15H2,1H3,(H,26,28). The number of nitrogens with one attached hydrogen (secondary N) is 2. The van der Waals surface area contributed by atoms with Crippen molar-refractivity contribution in [3.8, 4) is 0 Å². The zero-order valence-electron chi connectivity index (χ0n) is 17.0. The van der Waals surface area contributed by atoms with E-state index in [1.165, 1.54) is 10.9 Å². The number of amides is 1. The van der Waals surface area contributed by atoms with Crippen LogP contribution in [0.15, 0.2) is 73.3 Å². The van der Waals surface area contributed by atoms with Gasteiger partial charge in [-0.2, -0.15) is 0 Å². The van der Waals surface area contributed by atoms with Gasteiger partial charge < -0.3 is 15.2 Å². The Morgan fingerprint density at radius 1 is 1.07 bits per heavy atom. The molecule has 3 heterocycles. The van der Waals surface area contributed by atoms with Crippen molar-refractivity contribution in [2.24, 2.45) is 0 Å². The second kappa shape index (κ2) is 9.22. The van der Waals surface area contributed by atoms with Crippen LogP contribution in [-0.4, -0.2) is 45.9 Å². The van der Waals surface area contributed by atoms with Gasteiger partial charge in [0.25, 0.3) is 5.91 Å². The minimum absolute atomic E-state index is 0.0260. The number of fused-ring (bicyclic) bond motifs is 1. The molecule has 4 aromatic rings. The number of carbonyl (C=O) groups excluding carboxylic acids is 1. The summed E-state index contributed by atoms with van der Waals surface area (Å²) in [6, 6.07) is 15.9. The summed E-state index contributed by atoms with van der Waals surface area (Å²) in [5.41, 5.74) is 4.19. The summed E-state index contributed by atoms with van der Waals surface area (Å²) in [7, 11) is 1.82. The van der Waals surface area contributed by atoms with Crippen LogP contribution >= 0.6 is 0 Å². The molecule has 0 spiro atoms. The van der Waals surface area contributed by atoms with Crippen LogP contribution in [0.4, 0.5) is 5.82 Å². The number of aromatic nitrogens is 3. The molecule has 2 N–H and O–H groups in total. The molecule has 3 aromatic heterocycles. The van der Waals surface area contributed by atoms with E-state index in [1.807, 2.05) is 37.4 Å². The zero-order chi connectivity index (χ0) is 20.8. The summed E-state index contributed by atoms with van der Waals surface area (Å²) in [5, 5.41) is 4.59. The molecule has 0 aliphatic rings. The first-order valence-corrected chi connectivity index (χ1v) is 10.1. The fourth-order valence-electron chi connectivity index (χ4n) is 3.46. The Morgan fingerprint density at radius 3 is 2.70 bits per heavy atom. The molecule has 0 saturated carbocycles. The Balaban J connectivity index is 1.28. The first kappa shape index (κ1) is 19.6. The summed E-state index contributed by atoms with van der Waals surface area (Å²) in [6.45, 7) is 1.42. The first-order valence-electron chi connectivity index (χ1n) is 10.1. The summed E-state index contributed by atoms with van der Waals surface area (Å²) in [6.07, 6.45) is 8.93. The Bertz CT molecular complexity index is 1110. The van der Waals surface area contributed by atoms with Gasteiger partial charge in [-0.25, -0.2) is 4.98 Å². The molecule has 6 nitrogen and oxygen atoms in total. The summed E-state index contributed by atoms with van der Waals surface area (Å²) >= 11 is 0. The summed E-state index contributed by atoms with van der Waals surface area (Å²) in [4.78, 5) is 26.1. The Morgan fingerprint density at radius 2 is 1.90 bits per heavy atom. The molecule has 0 aliphatic heterocycles. The van der Waals surface area contributed by atoms with Crippen molar-refractivity contribution in [2.45, 2.75) is 12.8 Å². The molecule has 152 valence electrons. The number of aromatic amines is 1. The van der Waals surface area contributed by atoms with Crippen LogP contribution in [0.25, 0.3) is 10.9 Å². The van der Waals surface area contributed by atoms with Crippen LogP contribution < -0.4 is 5.32 Å². The number of likely N-dealkylation sites (N-methyl/N-ethyl adjacent to an activating group) is 1. The van der Waals surface area contributed by atoms with E-state index < -0.39 is 0 Å². The van der Waals surface area contributed by atoms with E-state index in [2.05, 4.69) is 44.7 Å². The fourth-order valence-corrected chi connectivity index (χ4v) is 3.46. The molecule has 0 fully saturated rings. The van der Waals surface area contributed by atoms with Crippen molar-refractivity contribution in [1.82, 2.24) is 19.9 Å². The maximum absolute atomic E-state index is 12.6. The number of hydrogen-bond acceptors (Lipinski definition) is 4. The molecular weight excluding hydrogens is 374 g/mol. The molecule has 4 rings (SSSR count). The molecule has 0 aliphatic carbocycles. The number of nitrogens with zero attached hydrogens (tertiary/aromatic N) is 3. The van der Waals surface area contributed by atoms with E-state index in [0.29, 0.717) is 12.1 Å². The molecule has 0 unspecified atom stereocenters. The average Bonchev–Trinajstić information content (AvgIpc) is 3.21. The predicted octanol–water partition coefficient (Wildman–Crippen LogP) is 3.93. The second-order valence-electron chi connectivity index (χ2n) is 7.30. The fraction of sp³-hybridized carbons (Fsp3) is 0.208. The molecule has 30 heavy (non-hydrogen) atoms. The monoisotopic (exact) mass is 399 g/mol. The third kappa shape index (κ3) is 4.66. The van der Waals surface area contributed by atoms with Gasteiger partial charge in [0.15, 0.2) is 0 Å². The lowest BCUT2D eigenvalue weighted by Crippen LogP contribution is -2.29. The smallest absolute Gasteiger partial charge is 0.255 e. The SMILES string of the molecule is CN(CCc1ccncc1)C(=O)c1ccc(NCCc2c[nH]c3ccccc23)nc1. The maximum atomic E-state index is 12.6. The Hall–Kier alpha value is -3.67. The molecular formula is C24H25N5O. The molecule has 0 radical (unpaired) electrons. The highest BCUT2D eigenvalue weighted by Gasteiger charge is 2.12. The lowest BCUT2D eigenvalue weighted by atomic mass is 10.1. The lowest BCUT2D eigenvalue weighted by Gasteiger charge is -2.17. The Labute approximate surface area is 176 Å². The van der Waals surface area contributed by atoms with Gasteiger partial charge in [0, 0.05) is 55.8 Å². The second-order valence-corrected chi connectivity index (χ2v) is 7.30. The normalized spacial score (nSPS) is 10.8. The number of rotatable bonds is 8. The zero-order valence-corrected chi connectivity index (χ0v) is 17.0. The van der Waals surface area contributed by atoms with E-state index in [9.17, 15) is 4.79 Å². The number of H-pyrrole nitrogens is 1. The van der Waals surface area contributed by atoms with Crippen LogP contribution in [0.5, 0.6) is 0 Å². The highest BCUT2D eigenvalue weighted by Crippen LogP contribution is 2.18. The van der Waals surface area contributed by atoms with Crippen LogP contribution in [0.2, 0.25) is 0 Å².